The molecule has 0 aliphatic heterocycles. The standard InChI is InChI=1S/C29H34N6O/c1-6-21-13-20(14-22(7-2)35-21)26-15-27(34-17-33-26)32-16-18(3)19(4)23-9-8-10-24-25(29(36)30-5)11-12-31-28(23)24/h8-15,17-19H,6-7,16H2,1-5H3,(H,30,36)(H,32,33,34)/t18?,19-/m1/s1. The predicted octanol–water partition coefficient (Wildman–Crippen LogP) is 5.42. The van der Waals surface area contributed by atoms with Gasteiger partial charge in [0.2, 0.25) is 0 Å². The SMILES string of the molecule is CCc1cc(-c2cc(NCC(C)[C@@H](C)c3cccc4c(C(=O)NC)ccnc34)ncn2)cc(CC)n1. The van der Waals surface area contributed by atoms with Crippen molar-refractivity contribution in [1.82, 2.24) is 25.3 Å². The van der Waals surface area contributed by atoms with Crippen molar-refractivity contribution in [3.05, 3.63) is 77.5 Å². The van der Waals surface area contributed by atoms with Gasteiger partial charge in [0.25, 0.3) is 5.91 Å². The first-order chi connectivity index (χ1) is 17.4. The fraction of sp³-hybridized carbons (Fsp3) is 0.345. The van der Waals surface area contributed by atoms with Gasteiger partial charge in [0.15, 0.2) is 0 Å². The molecule has 0 aliphatic carbocycles. The van der Waals surface area contributed by atoms with E-state index in [-0.39, 0.29) is 11.8 Å². The third-order valence-corrected chi connectivity index (χ3v) is 6.84. The second kappa shape index (κ2) is 11.2. The van der Waals surface area contributed by atoms with Crippen molar-refractivity contribution in [3.63, 3.8) is 0 Å². The van der Waals surface area contributed by atoms with Crippen molar-refractivity contribution in [2.45, 2.75) is 46.5 Å². The molecule has 0 bridgehead atoms. The first kappa shape index (κ1) is 25.2. The Bertz CT molecular complexity index is 1350. The molecule has 0 radical (unpaired) electrons. The van der Waals surface area contributed by atoms with Gasteiger partial charge in [0, 0.05) is 48.2 Å². The maximum Gasteiger partial charge on any atom is 0.251 e. The van der Waals surface area contributed by atoms with Crippen LogP contribution in [0.3, 0.4) is 0 Å². The van der Waals surface area contributed by atoms with Crippen LogP contribution >= 0.6 is 0 Å². The van der Waals surface area contributed by atoms with Crippen molar-refractivity contribution in [2.24, 2.45) is 5.92 Å². The molecule has 2 atom stereocenters. The van der Waals surface area contributed by atoms with E-state index in [0.717, 1.165) is 64.3 Å². The molecule has 7 heteroatoms. The van der Waals surface area contributed by atoms with Crippen molar-refractivity contribution < 1.29 is 4.79 Å². The van der Waals surface area contributed by atoms with E-state index in [0.29, 0.717) is 11.5 Å². The van der Waals surface area contributed by atoms with Gasteiger partial charge in [-0.05, 0) is 48.4 Å². The summed E-state index contributed by atoms with van der Waals surface area (Å²) in [4.78, 5) is 30.6. The summed E-state index contributed by atoms with van der Waals surface area (Å²) < 4.78 is 0. The number of aryl methyl sites for hydroxylation is 2. The van der Waals surface area contributed by atoms with E-state index in [1.54, 1.807) is 25.6 Å². The third-order valence-electron chi connectivity index (χ3n) is 6.84. The zero-order chi connectivity index (χ0) is 25.7. The molecule has 1 amide bonds. The Kier molecular flexibility index (Phi) is 7.88. The summed E-state index contributed by atoms with van der Waals surface area (Å²) in [5.74, 6) is 1.20. The normalized spacial score (nSPS) is 12.8. The van der Waals surface area contributed by atoms with Crippen LogP contribution in [0.2, 0.25) is 0 Å². The summed E-state index contributed by atoms with van der Waals surface area (Å²) in [5, 5.41) is 7.09. The maximum absolute atomic E-state index is 12.3. The number of nitrogens with one attached hydrogen (secondary N) is 2. The molecule has 36 heavy (non-hydrogen) atoms. The van der Waals surface area contributed by atoms with E-state index < -0.39 is 0 Å². The molecule has 4 aromatic rings. The number of para-hydroxylation sites is 1. The van der Waals surface area contributed by atoms with Gasteiger partial charge in [-0.3, -0.25) is 14.8 Å². The molecular formula is C29H34N6O. The van der Waals surface area contributed by atoms with E-state index in [1.807, 2.05) is 18.2 Å². The molecule has 0 fully saturated rings. The minimum atomic E-state index is -0.104. The molecule has 2 N–H and O–H groups in total. The Hall–Kier alpha value is -3.87. The lowest BCUT2D eigenvalue weighted by atomic mass is 9.87. The highest BCUT2D eigenvalue weighted by Crippen LogP contribution is 2.31. The highest BCUT2D eigenvalue weighted by atomic mass is 16.1. The summed E-state index contributed by atoms with van der Waals surface area (Å²) >= 11 is 0. The Morgan fingerprint density at radius 3 is 2.42 bits per heavy atom. The second-order valence-corrected chi connectivity index (χ2v) is 9.16. The molecule has 0 saturated heterocycles. The van der Waals surface area contributed by atoms with Gasteiger partial charge >= 0.3 is 0 Å². The Balaban J connectivity index is 1.52. The van der Waals surface area contributed by atoms with Gasteiger partial charge in [-0.1, -0.05) is 45.9 Å². The maximum atomic E-state index is 12.3. The Morgan fingerprint density at radius 1 is 0.972 bits per heavy atom. The Labute approximate surface area is 212 Å². The highest BCUT2D eigenvalue weighted by molar-refractivity contribution is 6.06. The average molecular weight is 483 g/mol. The first-order valence-corrected chi connectivity index (χ1v) is 12.6. The van der Waals surface area contributed by atoms with E-state index in [9.17, 15) is 4.79 Å². The van der Waals surface area contributed by atoms with Crippen LogP contribution in [0.4, 0.5) is 5.82 Å². The first-order valence-electron chi connectivity index (χ1n) is 12.6. The van der Waals surface area contributed by atoms with Crippen LogP contribution in [0.1, 0.15) is 60.9 Å². The lowest BCUT2D eigenvalue weighted by molar-refractivity contribution is 0.0964. The number of carbonyl (C=O) groups is 1. The van der Waals surface area contributed by atoms with E-state index in [2.05, 4.69) is 76.5 Å². The summed E-state index contributed by atoms with van der Waals surface area (Å²) in [6, 6.07) is 14.0. The molecule has 3 heterocycles. The van der Waals surface area contributed by atoms with Gasteiger partial charge in [-0.2, -0.15) is 0 Å². The zero-order valence-electron chi connectivity index (χ0n) is 21.7. The number of pyridine rings is 2. The number of benzene rings is 1. The number of rotatable bonds is 9. The number of amides is 1. The molecule has 0 spiro atoms. The Morgan fingerprint density at radius 2 is 1.72 bits per heavy atom. The quantitative estimate of drug-likeness (QED) is 0.331. The van der Waals surface area contributed by atoms with E-state index in [4.69, 9.17) is 0 Å². The summed E-state index contributed by atoms with van der Waals surface area (Å²) in [6.07, 6.45) is 5.10. The molecule has 1 unspecified atom stereocenters. The van der Waals surface area contributed by atoms with Crippen LogP contribution in [0.25, 0.3) is 22.2 Å². The molecule has 7 nitrogen and oxygen atoms in total. The van der Waals surface area contributed by atoms with Crippen LogP contribution < -0.4 is 10.6 Å². The number of carbonyl (C=O) groups excluding carboxylic acids is 1. The number of nitrogens with zero attached hydrogens (tertiary/aromatic N) is 4. The number of hydrogen-bond acceptors (Lipinski definition) is 6. The third kappa shape index (κ3) is 5.35. The van der Waals surface area contributed by atoms with Crippen LogP contribution in [0.5, 0.6) is 0 Å². The number of anilines is 1. The number of hydrogen-bond donors (Lipinski definition) is 2. The summed E-state index contributed by atoms with van der Waals surface area (Å²) in [5.41, 5.74) is 6.75. The topological polar surface area (TPSA) is 92.7 Å². The van der Waals surface area contributed by atoms with Crippen molar-refractivity contribution in [2.75, 3.05) is 18.9 Å². The van der Waals surface area contributed by atoms with Crippen LogP contribution in [0, 0.1) is 5.92 Å². The fourth-order valence-electron chi connectivity index (χ4n) is 4.42. The molecule has 1 aromatic carbocycles. The lowest BCUT2D eigenvalue weighted by Crippen LogP contribution is -2.19. The zero-order valence-corrected chi connectivity index (χ0v) is 21.7. The van der Waals surface area contributed by atoms with Crippen LogP contribution in [-0.2, 0) is 12.8 Å². The molecule has 0 aliphatic rings. The molecular weight excluding hydrogens is 448 g/mol. The molecule has 3 aromatic heterocycles. The largest absolute Gasteiger partial charge is 0.370 e. The monoisotopic (exact) mass is 482 g/mol. The van der Waals surface area contributed by atoms with Gasteiger partial charge in [0.1, 0.15) is 12.1 Å². The van der Waals surface area contributed by atoms with E-state index >= 15 is 0 Å². The van der Waals surface area contributed by atoms with Gasteiger partial charge < -0.3 is 10.6 Å². The minimum absolute atomic E-state index is 0.104. The predicted molar refractivity (Wildman–Crippen MR) is 145 cm³/mol. The summed E-state index contributed by atoms with van der Waals surface area (Å²) in [6.45, 7) is 9.39. The second-order valence-electron chi connectivity index (χ2n) is 9.16. The van der Waals surface area contributed by atoms with Crippen LogP contribution in [0.15, 0.2) is 55.0 Å². The molecule has 186 valence electrons. The van der Waals surface area contributed by atoms with Crippen molar-refractivity contribution in [1.29, 1.82) is 0 Å². The molecule has 4 rings (SSSR count). The van der Waals surface area contributed by atoms with Gasteiger partial charge in [0.05, 0.1) is 16.8 Å². The highest BCUT2D eigenvalue weighted by Gasteiger charge is 2.19. The van der Waals surface area contributed by atoms with Gasteiger partial charge in [-0.15, -0.1) is 0 Å². The number of fused-ring (bicyclic) bond motifs is 1. The average Bonchev–Trinajstić information content (AvgIpc) is 2.94. The van der Waals surface area contributed by atoms with Crippen LogP contribution in [-0.4, -0.2) is 39.4 Å². The lowest BCUT2D eigenvalue weighted by Gasteiger charge is -2.22. The fourth-order valence-corrected chi connectivity index (χ4v) is 4.42. The summed E-state index contributed by atoms with van der Waals surface area (Å²) in [7, 11) is 1.65. The van der Waals surface area contributed by atoms with E-state index in [1.165, 1.54) is 0 Å². The molecule has 0 saturated carbocycles. The van der Waals surface area contributed by atoms with Crippen molar-refractivity contribution in [3.8, 4) is 11.3 Å². The number of aromatic nitrogens is 4. The smallest absolute Gasteiger partial charge is 0.251 e. The van der Waals surface area contributed by atoms with Crippen molar-refractivity contribution >= 4 is 22.6 Å². The minimum Gasteiger partial charge on any atom is -0.370 e. The van der Waals surface area contributed by atoms with Gasteiger partial charge in [-0.25, -0.2) is 9.97 Å².